The Morgan fingerprint density at radius 3 is 2.90 bits per heavy atom. The summed E-state index contributed by atoms with van der Waals surface area (Å²) < 4.78 is 5.13. The van der Waals surface area contributed by atoms with Crippen LogP contribution in [0.1, 0.15) is 25.8 Å². The molecule has 0 saturated heterocycles. The third-order valence-electron chi connectivity index (χ3n) is 4.01. The number of hydrogen-bond donors (Lipinski definition) is 1. The molecule has 1 aliphatic heterocycles. The summed E-state index contributed by atoms with van der Waals surface area (Å²) in [5.74, 6) is 0.174. The van der Waals surface area contributed by atoms with Crippen molar-refractivity contribution in [2.24, 2.45) is 0 Å². The fourth-order valence-corrected chi connectivity index (χ4v) is 2.60. The molecule has 0 aliphatic carbocycles. The Morgan fingerprint density at radius 1 is 1.50 bits per heavy atom. The predicted octanol–water partition coefficient (Wildman–Crippen LogP) is 2.30. The molecule has 2 unspecified atom stereocenters. The summed E-state index contributed by atoms with van der Waals surface area (Å²) in [5.41, 5.74) is 2.31. The minimum atomic E-state index is -0.141. The highest BCUT2D eigenvalue weighted by Gasteiger charge is 2.31. The molecule has 0 fully saturated rings. The summed E-state index contributed by atoms with van der Waals surface area (Å²) in [5, 5.41) is 3.34. The lowest BCUT2D eigenvalue weighted by atomic mass is 10.1. The van der Waals surface area contributed by atoms with E-state index in [9.17, 15) is 4.79 Å². The van der Waals surface area contributed by atoms with E-state index in [1.807, 2.05) is 23.1 Å². The van der Waals surface area contributed by atoms with Gasteiger partial charge in [0.25, 0.3) is 0 Å². The molecule has 2 rings (SSSR count). The largest absolute Gasteiger partial charge is 0.383 e. The molecule has 4 heteroatoms. The Kier molecular flexibility index (Phi) is 5.01. The maximum atomic E-state index is 12.7. The Balaban J connectivity index is 2.06. The van der Waals surface area contributed by atoms with Gasteiger partial charge in [-0.15, -0.1) is 0 Å². The standard InChI is InChI=1S/C16H24N2O2/c1-4-12(2)18(9-10-20-3)16(19)15-11-13-7-5-6-8-14(13)17-15/h5-8,12,15,17H,4,9-11H2,1-3H3. The number of benzene rings is 1. The van der Waals surface area contributed by atoms with E-state index in [0.717, 1.165) is 18.5 Å². The first-order chi connectivity index (χ1) is 9.67. The van der Waals surface area contributed by atoms with Gasteiger partial charge in [0.15, 0.2) is 0 Å². The van der Waals surface area contributed by atoms with Gasteiger partial charge >= 0.3 is 0 Å². The maximum Gasteiger partial charge on any atom is 0.245 e. The fraction of sp³-hybridized carbons (Fsp3) is 0.562. The molecular formula is C16H24N2O2. The molecule has 0 bridgehead atoms. The van der Waals surface area contributed by atoms with E-state index in [-0.39, 0.29) is 18.0 Å². The molecule has 0 saturated carbocycles. The summed E-state index contributed by atoms with van der Waals surface area (Å²) in [6, 6.07) is 8.23. The molecule has 1 N–H and O–H groups in total. The molecule has 2 atom stereocenters. The molecule has 20 heavy (non-hydrogen) atoms. The summed E-state index contributed by atoms with van der Waals surface area (Å²) in [6.07, 6.45) is 1.73. The monoisotopic (exact) mass is 276 g/mol. The Labute approximate surface area is 121 Å². The number of ether oxygens (including phenoxy) is 1. The molecule has 1 aromatic rings. The topological polar surface area (TPSA) is 41.6 Å². The second kappa shape index (κ2) is 6.75. The highest BCUT2D eigenvalue weighted by molar-refractivity contribution is 5.87. The molecule has 4 nitrogen and oxygen atoms in total. The predicted molar refractivity (Wildman–Crippen MR) is 80.9 cm³/mol. The molecular weight excluding hydrogens is 252 g/mol. The van der Waals surface area contributed by atoms with E-state index in [2.05, 4.69) is 25.2 Å². The van der Waals surface area contributed by atoms with Crippen LogP contribution in [0.3, 0.4) is 0 Å². The van der Waals surface area contributed by atoms with Crippen molar-refractivity contribution in [1.82, 2.24) is 4.90 Å². The van der Waals surface area contributed by atoms with Crippen LogP contribution in [0.2, 0.25) is 0 Å². The third-order valence-corrected chi connectivity index (χ3v) is 4.01. The van der Waals surface area contributed by atoms with E-state index in [1.54, 1.807) is 7.11 Å². The van der Waals surface area contributed by atoms with Gasteiger partial charge in [-0.1, -0.05) is 25.1 Å². The van der Waals surface area contributed by atoms with Crippen LogP contribution in [0, 0.1) is 0 Å². The van der Waals surface area contributed by atoms with Crippen molar-refractivity contribution >= 4 is 11.6 Å². The highest BCUT2D eigenvalue weighted by atomic mass is 16.5. The molecule has 1 aliphatic rings. The van der Waals surface area contributed by atoms with Gasteiger partial charge in [0.2, 0.25) is 5.91 Å². The Hall–Kier alpha value is -1.55. The van der Waals surface area contributed by atoms with Crippen molar-refractivity contribution < 1.29 is 9.53 Å². The Bertz CT molecular complexity index is 437. The van der Waals surface area contributed by atoms with E-state index in [4.69, 9.17) is 4.74 Å². The molecule has 0 aromatic heterocycles. The first-order valence-electron chi connectivity index (χ1n) is 7.31. The molecule has 1 aromatic carbocycles. The lowest BCUT2D eigenvalue weighted by Crippen LogP contribution is -2.47. The fourth-order valence-electron chi connectivity index (χ4n) is 2.60. The number of amides is 1. The Morgan fingerprint density at radius 2 is 2.25 bits per heavy atom. The number of anilines is 1. The summed E-state index contributed by atoms with van der Waals surface area (Å²) in [4.78, 5) is 14.7. The maximum absolute atomic E-state index is 12.7. The van der Waals surface area contributed by atoms with Crippen LogP contribution in [0.25, 0.3) is 0 Å². The quantitative estimate of drug-likeness (QED) is 0.867. The SMILES string of the molecule is CCC(C)N(CCOC)C(=O)C1Cc2ccccc2N1. The van der Waals surface area contributed by atoms with Crippen molar-refractivity contribution in [3.63, 3.8) is 0 Å². The molecule has 1 amide bonds. The van der Waals surface area contributed by atoms with Gasteiger partial charge in [-0.25, -0.2) is 0 Å². The minimum Gasteiger partial charge on any atom is -0.383 e. The average molecular weight is 276 g/mol. The van der Waals surface area contributed by atoms with E-state index < -0.39 is 0 Å². The number of carbonyl (C=O) groups is 1. The van der Waals surface area contributed by atoms with Gasteiger partial charge in [0.05, 0.1) is 6.61 Å². The van der Waals surface area contributed by atoms with Crippen molar-refractivity contribution in [3.05, 3.63) is 29.8 Å². The van der Waals surface area contributed by atoms with Crippen LogP contribution in [0.5, 0.6) is 0 Å². The summed E-state index contributed by atoms with van der Waals surface area (Å²) in [6.45, 7) is 5.43. The number of methoxy groups -OCH3 is 1. The van der Waals surface area contributed by atoms with E-state index >= 15 is 0 Å². The van der Waals surface area contributed by atoms with Crippen molar-refractivity contribution in [1.29, 1.82) is 0 Å². The lowest BCUT2D eigenvalue weighted by Gasteiger charge is -2.31. The first kappa shape index (κ1) is 14.9. The smallest absolute Gasteiger partial charge is 0.245 e. The van der Waals surface area contributed by atoms with Gasteiger partial charge in [0, 0.05) is 31.8 Å². The average Bonchev–Trinajstić information content (AvgIpc) is 2.90. The van der Waals surface area contributed by atoms with Crippen LogP contribution in [0.4, 0.5) is 5.69 Å². The first-order valence-corrected chi connectivity index (χ1v) is 7.31. The second-order valence-electron chi connectivity index (χ2n) is 5.34. The van der Waals surface area contributed by atoms with Crippen LogP contribution in [0.15, 0.2) is 24.3 Å². The van der Waals surface area contributed by atoms with Gasteiger partial charge in [-0.3, -0.25) is 4.79 Å². The lowest BCUT2D eigenvalue weighted by molar-refractivity contribution is -0.134. The van der Waals surface area contributed by atoms with Crippen molar-refractivity contribution in [3.8, 4) is 0 Å². The number of nitrogens with one attached hydrogen (secondary N) is 1. The van der Waals surface area contributed by atoms with Crippen molar-refractivity contribution in [2.75, 3.05) is 25.6 Å². The number of para-hydroxylation sites is 1. The summed E-state index contributed by atoms with van der Waals surface area (Å²) in [7, 11) is 1.67. The molecule has 1 heterocycles. The third kappa shape index (κ3) is 3.12. The molecule has 0 spiro atoms. The minimum absolute atomic E-state index is 0.141. The van der Waals surface area contributed by atoms with Gasteiger partial charge in [0.1, 0.15) is 6.04 Å². The van der Waals surface area contributed by atoms with Crippen LogP contribution < -0.4 is 5.32 Å². The second-order valence-corrected chi connectivity index (χ2v) is 5.34. The number of rotatable bonds is 6. The zero-order chi connectivity index (χ0) is 14.5. The number of carbonyl (C=O) groups excluding carboxylic acids is 1. The number of nitrogens with zero attached hydrogens (tertiary/aromatic N) is 1. The molecule has 0 radical (unpaired) electrons. The van der Waals surface area contributed by atoms with E-state index in [1.165, 1.54) is 5.56 Å². The van der Waals surface area contributed by atoms with Crippen molar-refractivity contribution in [2.45, 2.75) is 38.8 Å². The van der Waals surface area contributed by atoms with Crippen LogP contribution in [-0.2, 0) is 16.0 Å². The van der Waals surface area contributed by atoms with Crippen LogP contribution >= 0.6 is 0 Å². The number of fused-ring (bicyclic) bond motifs is 1. The molecule has 110 valence electrons. The van der Waals surface area contributed by atoms with Gasteiger partial charge < -0.3 is 15.0 Å². The zero-order valence-electron chi connectivity index (χ0n) is 12.6. The van der Waals surface area contributed by atoms with Crippen LogP contribution in [-0.4, -0.2) is 43.2 Å². The number of hydrogen-bond acceptors (Lipinski definition) is 3. The van der Waals surface area contributed by atoms with E-state index in [0.29, 0.717) is 13.2 Å². The summed E-state index contributed by atoms with van der Waals surface area (Å²) >= 11 is 0. The van der Waals surface area contributed by atoms with Gasteiger partial charge in [-0.05, 0) is 25.0 Å². The van der Waals surface area contributed by atoms with Gasteiger partial charge in [-0.2, -0.15) is 0 Å². The zero-order valence-corrected chi connectivity index (χ0v) is 12.6. The normalized spacial score (nSPS) is 18.2. The highest BCUT2D eigenvalue weighted by Crippen LogP contribution is 2.26.